The van der Waals surface area contributed by atoms with Crippen LogP contribution in [0, 0.1) is 25.7 Å². The summed E-state index contributed by atoms with van der Waals surface area (Å²) in [4.78, 5) is 47.2. The Bertz CT molecular complexity index is 1420. The average Bonchev–Trinajstić information content (AvgIpc) is 3.64. The molecule has 39 heavy (non-hydrogen) atoms. The maximum absolute atomic E-state index is 13.7. The minimum atomic E-state index is -0.0674. The molecule has 1 N–H and O–H groups in total. The smallest absolute Gasteiger partial charge is 0.317 e. The van der Waals surface area contributed by atoms with Gasteiger partial charge < -0.3 is 24.9 Å². The van der Waals surface area contributed by atoms with E-state index in [0.717, 1.165) is 30.8 Å². The lowest BCUT2D eigenvalue weighted by molar-refractivity contribution is -0.132. The summed E-state index contributed by atoms with van der Waals surface area (Å²) in [6.45, 7) is 8.63. The quantitative estimate of drug-likeness (QED) is 0.649. The van der Waals surface area contributed by atoms with Crippen molar-refractivity contribution in [2.24, 2.45) is 11.8 Å². The predicted octanol–water partition coefficient (Wildman–Crippen LogP) is 1.53. The fourth-order valence-corrected chi connectivity index (χ4v) is 8.01. The summed E-state index contributed by atoms with van der Waals surface area (Å²) in [7, 11) is 1.82. The topological polar surface area (TPSA) is 94.0 Å². The molecule has 10 heteroatoms. The summed E-state index contributed by atoms with van der Waals surface area (Å²) in [6.07, 6.45) is 0.762. The monoisotopic (exact) mass is 529 g/mol. The molecule has 2 saturated carbocycles. The van der Waals surface area contributed by atoms with Crippen molar-refractivity contribution < 1.29 is 14.4 Å². The summed E-state index contributed by atoms with van der Waals surface area (Å²) < 4.78 is 1.87. The van der Waals surface area contributed by atoms with Crippen molar-refractivity contribution in [1.82, 2.24) is 29.8 Å². The number of nitrogens with one attached hydrogen (secondary N) is 1. The number of aromatic nitrogens is 2. The lowest BCUT2D eigenvalue weighted by atomic mass is 9.99. The number of piperazine rings is 1. The number of amides is 4. The standard InChI is InChI=1S/C29H35N7O3/c1-15-5-4-6-18(16(15)2)33-9-11-34(12-10-33)20(37)14-36-27-24-21-22(24)23(21)25(27)26(31-36)28(38)35-8-7-19-17(13-35)30-29(39)32(19)3/h4-6,17,19,21-24H,7-14H2,1-3H3,(H,30,39)/t17-,19+,21+,22?,23+,24?/m1/s1. The van der Waals surface area contributed by atoms with E-state index < -0.39 is 0 Å². The number of aryl methyl sites for hydroxylation is 1. The van der Waals surface area contributed by atoms with E-state index in [1.807, 2.05) is 21.5 Å². The summed E-state index contributed by atoms with van der Waals surface area (Å²) in [6, 6.07) is 6.43. The maximum atomic E-state index is 13.7. The lowest BCUT2D eigenvalue weighted by Crippen LogP contribution is -2.52. The highest BCUT2D eigenvalue weighted by Crippen LogP contribution is 2.88. The molecule has 2 bridgehead atoms. The van der Waals surface area contributed by atoms with Gasteiger partial charge in [-0.2, -0.15) is 5.10 Å². The van der Waals surface area contributed by atoms with Crippen molar-refractivity contribution in [2.45, 2.75) is 50.7 Å². The number of hydrogen-bond acceptors (Lipinski definition) is 5. The first-order valence-electron chi connectivity index (χ1n) is 14.4. The van der Waals surface area contributed by atoms with E-state index in [1.54, 1.807) is 4.90 Å². The molecule has 1 aromatic heterocycles. The zero-order chi connectivity index (χ0) is 26.7. The van der Waals surface area contributed by atoms with E-state index >= 15 is 0 Å². The first-order valence-corrected chi connectivity index (χ1v) is 14.4. The van der Waals surface area contributed by atoms with E-state index in [1.165, 1.54) is 16.8 Å². The number of urea groups is 1. The number of rotatable bonds is 4. The Labute approximate surface area is 227 Å². The van der Waals surface area contributed by atoms with Crippen molar-refractivity contribution in [2.75, 3.05) is 51.2 Å². The highest BCUT2D eigenvalue weighted by atomic mass is 16.2. The van der Waals surface area contributed by atoms with Crippen LogP contribution in [0.3, 0.4) is 0 Å². The molecule has 0 spiro atoms. The van der Waals surface area contributed by atoms with Crippen molar-refractivity contribution in [3.05, 3.63) is 46.3 Å². The number of fused-ring (bicyclic) bond motifs is 1. The van der Waals surface area contributed by atoms with E-state index in [-0.39, 0.29) is 36.5 Å². The molecule has 3 saturated heterocycles. The van der Waals surface area contributed by atoms with Gasteiger partial charge in [-0.3, -0.25) is 14.3 Å². The van der Waals surface area contributed by atoms with Gasteiger partial charge in [0.2, 0.25) is 5.91 Å². The van der Waals surface area contributed by atoms with Gasteiger partial charge >= 0.3 is 6.03 Å². The first kappa shape index (κ1) is 23.3. The fourth-order valence-electron chi connectivity index (χ4n) is 8.01. The summed E-state index contributed by atoms with van der Waals surface area (Å²) in [5.74, 6) is 2.32. The van der Waals surface area contributed by atoms with Crippen molar-refractivity contribution in [3.8, 4) is 0 Å². The third-order valence-corrected chi connectivity index (χ3v) is 10.5. The van der Waals surface area contributed by atoms with E-state index in [0.29, 0.717) is 55.5 Å². The van der Waals surface area contributed by atoms with Crippen LogP contribution in [0.5, 0.6) is 0 Å². The largest absolute Gasteiger partial charge is 0.368 e. The van der Waals surface area contributed by atoms with Gasteiger partial charge in [-0.25, -0.2) is 4.79 Å². The Morgan fingerprint density at radius 1 is 1.03 bits per heavy atom. The second kappa shape index (κ2) is 7.99. The highest BCUT2D eigenvalue weighted by molar-refractivity contribution is 5.96. The maximum Gasteiger partial charge on any atom is 0.317 e. The van der Waals surface area contributed by atoms with Crippen LogP contribution in [0.4, 0.5) is 10.5 Å². The van der Waals surface area contributed by atoms with Crippen LogP contribution >= 0.6 is 0 Å². The number of benzene rings is 1. The van der Waals surface area contributed by atoms with Gasteiger partial charge in [0, 0.05) is 69.2 Å². The fraction of sp³-hybridized carbons (Fsp3) is 0.586. The Morgan fingerprint density at radius 2 is 1.79 bits per heavy atom. The molecule has 0 radical (unpaired) electrons. The van der Waals surface area contributed by atoms with Crippen LogP contribution in [-0.4, -0.2) is 101 Å². The van der Waals surface area contributed by atoms with Gasteiger partial charge in [0.15, 0.2) is 5.69 Å². The van der Waals surface area contributed by atoms with Crippen LogP contribution in [-0.2, 0) is 11.3 Å². The average molecular weight is 530 g/mol. The molecule has 7 aliphatic rings. The van der Waals surface area contributed by atoms with Crippen LogP contribution < -0.4 is 10.2 Å². The van der Waals surface area contributed by atoms with Gasteiger partial charge in [-0.1, -0.05) is 12.1 Å². The van der Waals surface area contributed by atoms with Gasteiger partial charge in [0.1, 0.15) is 6.54 Å². The second-order valence-electron chi connectivity index (χ2n) is 12.4. The number of piperidine rings is 1. The number of carbonyl (C=O) groups is 3. The zero-order valence-corrected chi connectivity index (χ0v) is 22.8. The zero-order valence-electron chi connectivity index (χ0n) is 22.8. The molecule has 2 aromatic rings. The predicted molar refractivity (Wildman–Crippen MR) is 144 cm³/mol. The van der Waals surface area contributed by atoms with E-state index in [4.69, 9.17) is 5.10 Å². The SMILES string of the molecule is Cc1cccc(N2CCN(C(=O)Cn3nc(C(=O)N4CC[C@H]5[C@@H](C4)NC(=O)N5C)c4c3C3C5[C@H]3[C@H]45)CC2)c1C. The Hall–Kier alpha value is -3.56. The van der Waals surface area contributed by atoms with Crippen LogP contribution in [0.1, 0.15) is 51.1 Å². The Balaban J connectivity index is 0.972. The molecule has 6 atom stereocenters. The highest BCUT2D eigenvalue weighted by Gasteiger charge is 2.81. The molecule has 5 fully saturated rings. The molecule has 4 amide bonds. The lowest BCUT2D eigenvalue weighted by Gasteiger charge is -2.37. The molecular weight excluding hydrogens is 494 g/mol. The van der Waals surface area contributed by atoms with Crippen molar-refractivity contribution >= 4 is 23.5 Å². The van der Waals surface area contributed by atoms with Gasteiger partial charge in [-0.05, 0) is 55.2 Å². The molecule has 4 aliphatic carbocycles. The molecule has 1 aromatic carbocycles. The molecular formula is C29H35N7O3. The number of nitrogens with zero attached hydrogens (tertiary/aromatic N) is 6. The number of anilines is 1. The molecule has 204 valence electrons. The normalized spacial score (nSPS) is 31.6. The van der Waals surface area contributed by atoms with Crippen LogP contribution in [0.15, 0.2) is 18.2 Å². The third kappa shape index (κ3) is 3.26. The van der Waals surface area contributed by atoms with Crippen molar-refractivity contribution in [1.29, 1.82) is 0 Å². The molecule has 9 rings (SSSR count). The molecule has 10 nitrogen and oxygen atoms in total. The summed E-state index contributed by atoms with van der Waals surface area (Å²) >= 11 is 0. The van der Waals surface area contributed by atoms with Crippen LogP contribution in [0.2, 0.25) is 0 Å². The second-order valence-corrected chi connectivity index (χ2v) is 12.4. The molecule has 3 aliphatic heterocycles. The minimum Gasteiger partial charge on any atom is -0.368 e. The van der Waals surface area contributed by atoms with E-state index in [2.05, 4.69) is 42.3 Å². The van der Waals surface area contributed by atoms with Gasteiger partial charge in [0.25, 0.3) is 5.91 Å². The summed E-state index contributed by atoms with van der Waals surface area (Å²) in [5, 5.41) is 7.82. The number of hydrogen-bond donors (Lipinski definition) is 1. The Kier molecular flexibility index (Phi) is 4.78. The van der Waals surface area contributed by atoms with E-state index in [9.17, 15) is 14.4 Å². The number of likely N-dealkylation sites (N-methyl/N-ethyl adjacent to an activating group) is 1. The van der Waals surface area contributed by atoms with Crippen molar-refractivity contribution in [3.63, 3.8) is 0 Å². The summed E-state index contributed by atoms with van der Waals surface area (Å²) in [5.41, 5.74) is 6.65. The minimum absolute atomic E-state index is 0.0431. The number of likely N-dealkylation sites (tertiary alicyclic amines) is 1. The molecule has 4 heterocycles. The number of carbonyl (C=O) groups excluding carboxylic acids is 3. The molecule has 2 unspecified atom stereocenters. The van der Waals surface area contributed by atoms with Gasteiger partial charge in [0.05, 0.1) is 12.1 Å². The van der Waals surface area contributed by atoms with Gasteiger partial charge in [-0.15, -0.1) is 0 Å². The third-order valence-electron chi connectivity index (χ3n) is 10.5. The van der Waals surface area contributed by atoms with Crippen LogP contribution in [0.25, 0.3) is 0 Å². The Morgan fingerprint density at radius 3 is 2.56 bits per heavy atom. The first-order chi connectivity index (χ1) is 18.8.